The highest BCUT2D eigenvalue weighted by Crippen LogP contribution is 2.31. The topological polar surface area (TPSA) is 21.3 Å². The quantitative estimate of drug-likeness (QED) is 0.811. The Kier molecular flexibility index (Phi) is 3.27. The van der Waals surface area contributed by atoms with Crippen LogP contribution in [0.1, 0.15) is 23.1 Å². The van der Waals surface area contributed by atoms with E-state index in [1.807, 2.05) is 7.05 Å². The van der Waals surface area contributed by atoms with Crippen LogP contribution in [0, 0.1) is 0 Å². The molecule has 0 aromatic heterocycles. The average Bonchev–Trinajstić information content (AvgIpc) is 2.73. The summed E-state index contributed by atoms with van der Waals surface area (Å²) in [4.78, 5) is 0. The first-order chi connectivity index (χ1) is 7.36. The lowest BCUT2D eigenvalue weighted by atomic mass is 9.99. The molecule has 1 N–H and O–H groups in total. The lowest BCUT2D eigenvalue weighted by molar-refractivity contribution is 0.408. The normalized spacial score (nSPS) is 14.0. The van der Waals surface area contributed by atoms with E-state index in [-0.39, 0.29) is 0 Å². The van der Waals surface area contributed by atoms with Crippen LogP contribution in [0.15, 0.2) is 12.1 Å². The smallest absolute Gasteiger partial charge is 0.122 e. The highest BCUT2D eigenvalue weighted by atomic mass is 16.5. The van der Waals surface area contributed by atoms with Gasteiger partial charge in [0, 0.05) is 0 Å². The van der Waals surface area contributed by atoms with E-state index in [1.54, 1.807) is 12.7 Å². The zero-order valence-electron chi connectivity index (χ0n) is 9.60. The van der Waals surface area contributed by atoms with Crippen molar-refractivity contribution in [3.8, 4) is 5.75 Å². The molecule has 2 nitrogen and oxygen atoms in total. The fourth-order valence-electron chi connectivity index (χ4n) is 2.44. The number of likely N-dealkylation sites (N-methyl/N-ethyl adjacent to an activating group) is 1. The fraction of sp³-hybridized carbons (Fsp3) is 0.538. The molecule has 2 heteroatoms. The second-order valence-electron chi connectivity index (χ2n) is 4.09. The molecule has 1 aromatic carbocycles. The van der Waals surface area contributed by atoms with Gasteiger partial charge in [-0.15, -0.1) is 0 Å². The van der Waals surface area contributed by atoms with E-state index < -0.39 is 0 Å². The summed E-state index contributed by atoms with van der Waals surface area (Å²) in [5, 5.41) is 3.20. The van der Waals surface area contributed by atoms with Crippen molar-refractivity contribution in [1.82, 2.24) is 5.32 Å². The van der Waals surface area contributed by atoms with E-state index in [4.69, 9.17) is 4.74 Å². The third-order valence-corrected chi connectivity index (χ3v) is 3.20. The second-order valence-corrected chi connectivity index (χ2v) is 4.09. The van der Waals surface area contributed by atoms with E-state index in [0.29, 0.717) is 0 Å². The maximum absolute atomic E-state index is 5.44. The number of hydrogen-bond donors (Lipinski definition) is 1. The Morgan fingerprint density at radius 3 is 2.93 bits per heavy atom. The maximum Gasteiger partial charge on any atom is 0.122 e. The largest absolute Gasteiger partial charge is 0.496 e. The lowest BCUT2D eigenvalue weighted by Crippen LogP contribution is -2.12. The van der Waals surface area contributed by atoms with Gasteiger partial charge in [0.1, 0.15) is 5.75 Å². The van der Waals surface area contributed by atoms with Gasteiger partial charge in [-0.2, -0.15) is 0 Å². The molecule has 0 radical (unpaired) electrons. The van der Waals surface area contributed by atoms with Crippen molar-refractivity contribution < 1.29 is 4.74 Å². The average molecular weight is 205 g/mol. The summed E-state index contributed by atoms with van der Waals surface area (Å²) >= 11 is 0. The van der Waals surface area contributed by atoms with Crippen LogP contribution >= 0.6 is 0 Å². The monoisotopic (exact) mass is 205 g/mol. The summed E-state index contributed by atoms with van der Waals surface area (Å²) < 4.78 is 5.44. The van der Waals surface area contributed by atoms with Crippen molar-refractivity contribution in [2.45, 2.75) is 25.7 Å². The van der Waals surface area contributed by atoms with Gasteiger partial charge >= 0.3 is 0 Å². The van der Waals surface area contributed by atoms with E-state index >= 15 is 0 Å². The van der Waals surface area contributed by atoms with Crippen LogP contribution in [0.3, 0.4) is 0 Å². The molecule has 2 rings (SSSR count). The van der Waals surface area contributed by atoms with Gasteiger partial charge in [-0.3, -0.25) is 0 Å². The minimum Gasteiger partial charge on any atom is -0.496 e. The van der Waals surface area contributed by atoms with Crippen LogP contribution in [0.2, 0.25) is 0 Å². The Morgan fingerprint density at radius 1 is 1.33 bits per heavy atom. The minimum absolute atomic E-state index is 1.02. The van der Waals surface area contributed by atoms with Crippen LogP contribution in [-0.4, -0.2) is 20.7 Å². The number of nitrogens with one attached hydrogen (secondary N) is 1. The van der Waals surface area contributed by atoms with Crippen LogP contribution in [0.4, 0.5) is 0 Å². The number of ether oxygens (including phenoxy) is 1. The third kappa shape index (κ3) is 2.00. The molecule has 0 spiro atoms. The predicted octanol–water partition coefficient (Wildman–Crippen LogP) is 1.95. The number of rotatable bonds is 4. The molecule has 0 fully saturated rings. The molecular formula is C13H19NO. The standard InChI is InChI=1S/C13H19NO/c1-14-9-8-12-11-5-3-4-10(11)6-7-13(12)15-2/h6-7,14H,3-5,8-9H2,1-2H3. The number of methoxy groups -OCH3 is 1. The van der Waals surface area contributed by atoms with Gasteiger partial charge < -0.3 is 10.1 Å². The minimum atomic E-state index is 1.02. The first kappa shape index (κ1) is 10.5. The molecule has 0 saturated carbocycles. The summed E-state index contributed by atoms with van der Waals surface area (Å²) in [6, 6.07) is 4.35. The second kappa shape index (κ2) is 4.67. The van der Waals surface area contributed by atoms with Crippen LogP contribution in [0.5, 0.6) is 5.75 Å². The Hall–Kier alpha value is -1.02. The molecule has 1 aliphatic rings. The summed E-state index contributed by atoms with van der Waals surface area (Å²) in [7, 11) is 3.76. The van der Waals surface area contributed by atoms with Gasteiger partial charge in [0.2, 0.25) is 0 Å². The van der Waals surface area contributed by atoms with Crippen LogP contribution < -0.4 is 10.1 Å². The van der Waals surface area contributed by atoms with Crippen molar-refractivity contribution >= 4 is 0 Å². The Bertz CT molecular complexity index is 347. The number of aryl methyl sites for hydroxylation is 1. The number of hydrogen-bond acceptors (Lipinski definition) is 2. The van der Waals surface area contributed by atoms with Gasteiger partial charge in [0.25, 0.3) is 0 Å². The molecule has 1 aromatic rings. The Balaban J connectivity index is 2.34. The Morgan fingerprint density at radius 2 is 2.20 bits per heavy atom. The highest BCUT2D eigenvalue weighted by Gasteiger charge is 2.17. The van der Waals surface area contributed by atoms with E-state index in [1.165, 1.54) is 30.4 Å². The maximum atomic E-state index is 5.44. The van der Waals surface area contributed by atoms with Crippen molar-refractivity contribution in [1.29, 1.82) is 0 Å². The molecule has 0 bridgehead atoms. The molecule has 82 valence electrons. The molecular weight excluding hydrogens is 186 g/mol. The lowest BCUT2D eigenvalue weighted by Gasteiger charge is -2.13. The highest BCUT2D eigenvalue weighted by molar-refractivity contribution is 5.47. The van der Waals surface area contributed by atoms with E-state index in [2.05, 4.69) is 17.4 Å². The summed E-state index contributed by atoms with van der Waals surface area (Å²) in [6.07, 6.45) is 4.84. The molecule has 0 atom stereocenters. The zero-order valence-corrected chi connectivity index (χ0v) is 9.60. The third-order valence-electron chi connectivity index (χ3n) is 3.20. The first-order valence-electron chi connectivity index (χ1n) is 5.69. The van der Waals surface area contributed by atoms with Crippen LogP contribution in [0.25, 0.3) is 0 Å². The fourth-order valence-corrected chi connectivity index (χ4v) is 2.44. The van der Waals surface area contributed by atoms with Gasteiger partial charge in [-0.25, -0.2) is 0 Å². The summed E-state index contributed by atoms with van der Waals surface area (Å²) in [5.74, 6) is 1.06. The van der Waals surface area contributed by atoms with Gasteiger partial charge in [0.15, 0.2) is 0 Å². The van der Waals surface area contributed by atoms with Crippen LogP contribution in [-0.2, 0) is 19.3 Å². The van der Waals surface area contributed by atoms with Crippen molar-refractivity contribution in [2.24, 2.45) is 0 Å². The molecule has 1 aliphatic carbocycles. The molecule has 15 heavy (non-hydrogen) atoms. The van der Waals surface area contributed by atoms with Gasteiger partial charge in [-0.1, -0.05) is 6.07 Å². The molecule has 0 saturated heterocycles. The van der Waals surface area contributed by atoms with E-state index in [9.17, 15) is 0 Å². The predicted molar refractivity (Wildman–Crippen MR) is 62.6 cm³/mol. The zero-order chi connectivity index (χ0) is 10.7. The Labute approximate surface area is 91.6 Å². The molecule has 0 heterocycles. The summed E-state index contributed by atoms with van der Waals surface area (Å²) in [6.45, 7) is 1.02. The first-order valence-corrected chi connectivity index (χ1v) is 5.69. The van der Waals surface area contributed by atoms with Crippen molar-refractivity contribution in [3.63, 3.8) is 0 Å². The summed E-state index contributed by atoms with van der Waals surface area (Å²) in [5.41, 5.74) is 4.49. The number of benzene rings is 1. The SMILES string of the molecule is CNCCc1c(OC)ccc2c1CCC2. The van der Waals surface area contributed by atoms with Crippen molar-refractivity contribution in [2.75, 3.05) is 20.7 Å². The molecule has 0 unspecified atom stereocenters. The molecule has 0 aliphatic heterocycles. The van der Waals surface area contributed by atoms with E-state index in [0.717, 1.165) is 18.7 Å². The number of fused-ring (bicyclic) bond motifs is 1. The van der Waals surface area contributed by atoms with Gasteiger partial charge in [0.05, 0.1) is 7.11 Å². The molecule has 0 amide bonds. The van der Waals surface area contributed by atoms with Gasteiger partial charge in [-0.05, 0) is 62.0 Å². The van der Waals surface area contributed by atoms with Crippen molar-refractivity contribution in [3.05, 3.63) is 28.8 Å².